The van der Waals surface area contributed by atoms with Crippen LogP contribution < -0.4 is 10.6 Å². The molecular weight excluding hydrogens is 574 g/mol. The van der Waals surface area contributed by atoms with E-state index in [0.29, 0.717) is 19.0 Å². The van der Waals surface area contributed by atoms with Crippen LogP contribution in [-0.2, 0) is 33.8 Å². The predicted octanol–water partition coefficient (Wildman–Crippen LogP) is 2.86. The van der Waals surface area contributed by atoms with Crippen molar-refractivity contribution in [3.8, 4) is 0 Å². The van der Waals surface area contributed by atoms with Gasteiger partial charge in [-0.05, 0) is 66.5 Å². The van der Waals surface area contributed by atoms with Gasteiger partial charge in [-0.15, -0.1) is 0 Å². The Morgan fingerprint density at radius 3 is 2.69 bits per heavy atom. The third-order valence-corrected chi connectivity index (χ3v) is 9.86. The number of carbonyl (C=O) groups is 4. The van der Waals surface area contributed by atoms with Crippen molar-refractivity contribution in [1.29, 1.82) is 0 Å². The molecule has 6 rings (SSSR count). The summed E-state index contributed by atoms with van der Waals surface area (Å²) in [5.74, 6) is -0.181. The first-order valence-electron chi connectivity index (χ1n) is 15.7. The SMILES string of the molecule is C=CCOC(=O)[C@H]1CCC2C(CC[C@@H]2NC(=O)c2cc(C(=O)NCc3ccc4c(c3)CN(C(C)=O)CC4)nc3ncnn23)[C@H]1C. The second-order valence-corrected chi connectivity index (χ2v) is 12.4. The molecule has 5 atom stereocenters. The van der Waals surface area contributed by atoms with E-state index in [9.17, 15) is 19.2 Å². The summed E-state index contributed by atoms with van der Waals surface area (Å²) in [6.45, 7) is 9.05. The van der Waals surface area contributed by atoms with E-state index >= 15 is 0 Å². The van der Waals surface area contributed by atoms with Crippen LogP contribution in [0.3, 0.4) is 0 Å². The van der Waals surface area contributed by atoms with Crippen LogP contribution in [0.5, 0.6) is 0 Å². The summed E-state index contributed by atoms with van der Waals surface area (Å²) >= 11 is 0. The molecule has 3 aliphatic rings. The molecule has 1 aliphatic heterocycles. The van der Waals surface area contributed by atoms with Crippen molar-refractivity contribution in [2.75, 3.05) is 13.2 Å². The first-order valence-corrected chi connectivity index (χ1v) is 15.7. The number of aromatic nitrogens is 4. The number of carbonyl (C=O) groups excluding carboxylic acids is 4. The molecule has 3 amide bonds. The Morgan fingerprint density at radius 1 is 1.07 bits per heavy atom. The Labute approximate surface area is 261 Å². The highest BCUT2D eigenvalue weighted by Gasteiger charge is 2.47. The standard InChI is InChI=1S/C33H39N7O5/c1-4-13-45-32(44)25-7-8-26-24(19(25)2)9-10-27(26)37-31(43)29-15-28(38-33-35-18-36-40(29)33)30(42)34-16-21-5-6-22-11-12-39(20(3)41)17-23(22)14-21/h4-6,14-15,18-19,24-27H,1,7-13,16-17H2,2-3H3,(H,34,42)(H,37,43)/t19-,24?,25+,26?,27+/m1/s1. The van der Waals surface area contributed by atoms with E-state index in [4.69, 9.17) is 4.74 Å². The maximum Gasteiger partial charge on any atom is 0.309 e. The summed E-state index contributed by atoms with van der Waals surface area (Å²) in [6.07, 6.45) is 6.96. The Bertz CT molecular complexity index is 1650. The van der Waals surface area contributed by atoms with Gasteiger partial charge in [0.05, 0.1) is 5.92 Å². The maximum atomic E-state index is 13.7. The average molecular weight is 614 g/mol. The second-order valence-electron chi connectivity index (χ2n) is 12.4. The molecule has 45 heavy (non-hydrogen) atoms. The molecule has 1 aromatic carbocycles. The summed E-state index contributed by atoms with van der Waals surface area (Å²) in [5.41, 5.74) is 3.44. The van der Waals surface area contributed by atoms with Crippen molar-refractivity contribution in [3.05, 3.63) is 71.3 Å². The molecule has 0 spiro atoms. The highest BCUT2D eigenvalue weighted by molar-refractivity contribution is 5.98. The fourth-order valence-electron chi connectivity index (χ4n) is 7.45. The van der Waals surface area contributed by atoms with Crippen molar-refractivity contribution in [3.63, 3.8) is 0 Å². The lowest BCUT2D eigenvalue weighted by atomic mass is 9.68. The molecule has 3 aromatic rings. The molecule has 2 N–H and O–H groups in total. The van der Waals surface area contributed by atoms with Crippen molar-refractivity contribution in [2.45, 2.75) is 65.1 Å². The van der Waals surface area contributed by atoms with Gasteiger partial charge in [-0.2, -0.15) is 14.6 Å². The van der Waals surface area contributed by atoms with E-state index in [0.717, 1.165) is 43.2 Å². The van der Waals surface area contributed by atoms with Gasteiger partial charge in [0.2, 0.25) is 5.91 Å². The zero-order valence-corrected chi connectivity index (χ0v) is 25.7. The number of nitrogens with zero attached hydrogens (tertiary/aromatic N) is 5. The molecule has 12 heteroatoms. The summed E-state index contributed by atoms with van der Waals surface area (Å²) in [4.78, 5) is 61.7. The van der Waals surface area contributed by atoms with Crippen LogP contribution in [0.4, 0.5) is 0 Å². The molecule has 2 aliphatic carbocycles. The maximum absolute atomic E-state index is 13.7. The number of hydrogen-bond acceptors (Lipinski definition) is 8. The van der Waals surface area contributed by atoms with Gasteiger partial charge < -0.3 is 20.3 Å². The molecule has 2 saturated carbocycles. The lowest BCUT2D eigenvalue weighted by molar-refractivity contribution is -0.152. The van der Waals surface area contributed by atoms with Gasteiger partial charge in [-0.1, -0.05) is 37.8 Å². The molecule has 0 radical (unpaired) electrons. The van der Waals surface area contributed by atoms with Crippen LogP contribution in [0.15, 0.2) is 43.2 Å². The fraction of sp³-hybridized carbons (Fsp3) is 0.485. The normalized spacial score (nSPS) is 24.0. The fourth-order valence-corrected chi connectivity index (χ4v) is 7.45. The molecule has 3 heterocycles. The van der Waals surface area contributed by atoms with E-state index in [-0.39, 0.29) is 71.9 Å². The molecular formula is C33H39N7O5. The summed E-state index contributed by atoms with van der Waals surface area (Å²) in [6, 6.07) is 7.44. The first kappa shape index (κ1) is 30.4. The molecule has 0 bridgehead atoms. The number of amides is 3. The number of hydrogen-bond donors (Lipinski definition) is 2. The minimum Gasteiger partial charge on any atom is -0.461 e. The predicted molar refractivity (Wildman–Crippen MR) is 164 cm³/mol. The summed E-state index contributed by atoms with van der Waals surface area (Å²) < 4.78 is 6.69. The van der Waals surface area contributed by atoms with Gasteiger partial charge in [0.15, 0.2) is 0 Å². The van der Waals surface area contributed by atoms with Crippen LogP contribution in [0.25, 0.3) is 5.78 Å². The third kappa shape index (κ3) is 6.18. The highest BCUT2D eigenvalue weighted by Crippen LogP contribution is 2.48. The number of rotatable bonds is 8. The first-order chi connectivity index (χ1) is 21.7. The van der Waals surface area contributed by atoms with Crippen LogP contribution in [0, 0.1) is 23.7 Å². The van der Waals surface area contributed by atoms with Gasteiger partial charge in [0, 0.05) is 38.7 Å². The summed E-state index contributed by atoms with van der Waals surface area (Å²) in [5, 5.41) is 10.3. The lowest BCUT2D eigenvalue weighted by Gasteiger charge is -2.38. The van der Waals surface area contributed by atoms with Gasteiger partial charge in [0.1, 0.15) is 24.3 Å². The minimum atomic E-state index is -0.436. The molecule has 2 aromatic heterocycles. The zero-order chi connectivity index (χ0) is 31.7. The van der Waals surface area contributed by atoms with Crippen molar-refractivity contribution < 1.29 is 23.9 Å². The largest absolute Gasteiger partial charge is 0.461 e. The topological polar surface area (TPSA) is 148 Å². The molecule has 2 fully saturated rings. The summed E-state index contributed by atoms with van der Waals surface area (Å²) in [7, 11) is 0. The monoisotopic (exact) mass is 613 g/mol. The zero-order valence-electron chi connectivity index (χ0n) is 25.7. The Balaban J connectivity index is 1.12. The number of benzene rings is 1. The third-order valence-electron chi connectivity index (χ3n) is 9.86. The van der Waals surface area contributed by atoms with Crippen LogP contribution in [0.2, 0.25) is 0 Å². The van der Waals surface area contributed by atoms with E-state index in [1.165, 1.54) is 22.5 Å². The molecule has 0 saturated heterocycles. The van der Waals surface area contributed by atoms with Crippen LogP contribution >= 0.6 is 0 Å². The van der Waals surface area contributed by atoms with Gasteiger partial charge in [-0.3, -0.25) is 19.2 Å². The number of fused-ring (bicyclic) bond motifs is 3. The minimum absolute atomic E-state index is 0.0466. The number of ether oxygens (including phenoxy) is 1. The quantitative estimate of drug-likeness (QED) is 0.291. The van der Waals surface area contributed by atoms with Gasteiger partial charge in [0.25, 0.3) is 17.6 Å². The number of esters is 1. The van der Waals surface area contributed by atoms with E-state index in [1.54, 1.807) is 13.0 Å². The Morgan fingerprint density at radius 2 is 1.89 bits per heavy atom. The Hall–Kier alpha value is -4.61. The number of nitrogens with one attached hydrogen (secondary N) is 2. The smallest absolute Gasteiger partial charge is 0.309 e. The van der Waals surface area contributed by atoms with Crippen LogP contribution in [0.1, 0.15) is 77.2 Å². The van der Waals surface area contributed by atoms with E-state index in [2.05, 4.69) is 39.2 Å². The second kappa shape index (κ2) is 12.8. The van der Waals surface area contributed by atoms with Crippen LogP contribution in [-0.4, -0.2) is 67.4 Å². The van der Waals surface area contributed by atoms with E-state index < -0.39 is 5.91 Å². The van der Waals surface area contributed by atoms with Crippen molar-refractivity contribution in [1.82, 2.24) is 35.1 Å². The van der Waals surface area contributed by atoms with Gasteiger partial charge >= 0.3 is 5.97 Å². The van der Waals surface area contributed by atoms with E-state index in [1.807, 2.05) is 23.1 Å². The van der Waals surface area contributed by atoms with Gasteiger partial charge in [-0.25, -0.2) is 4.98 Å². The van der Waals surface area contributed by atoms with Crippen molar-refractivity contribution >= 4 is 29.5 Å². The lowest BCUT2D eigenvalue weighted by Crippen LogP contribution is -2.44. The highest BCUT2D eigenvalue weighted by atomic mass is 16.5. The molecule has 236 valence electrons. The average Bonchev–Trinajstić information content (AvgIpc) is 3.69. The molecule has 2 unspecified atom stereocenters. The van der Waals surface area contributed by atoms with Crippen molar-refractivity contribution in [2.24, 2.45) is 23.7 Å². The molecule has 12 nitrogen and oxygen atoms in total. The Kier molecular flexibility index (Phi) is 8.64.